The van der Waals surface area contributed by atoms with Crippen LogP contribution >= 0.6 is 0 Å². The molecule has 0 amide bonds. The number of carbonyl (C=O) groups is 1. The molecule has 3 nitrogen and oxygen atoms in total. The van der Waals surface area contributed by atoms with Crippen LogP contribution in [-0.2, 0) is 11.2 Å². The highest BCUT2D eigenvalue weighted by atomic mass is 16.1. The maximum atomic E-state index is 10.5. The van der Waals surface area contributed by atoms with Gasteiger partial charge in [0.25, 0.3) is 0 Å². The van der Waals surface area contributed by atoms with Gasteiger partial charge < -0.3 is 4.79 Å². The first-order valence-electron chi connectivity index (χ1n) is 4.94. The molecular formula is C12H12N2O. The van der Waals surface area contributed by atoms with E-state index in [0.29, 0.717) is 0 Å². The van der Waals surface area contributed by atoms with Crippen molar-refractivity contribution in [3.8, 4) is 0 Å². The van der Waals surface area contributed by atoms with Gasteiger partial charge in [0.2, 0.25) is 0 Å². The molecular weight excluding hydrogens is 188 g/mol. The lowest BCUT2D eigenvalue weighted by Crippen LogP contribution is -2.00. The average molecular weight is 200 g/mol. The number of carbonyl (C=O) groups excluding carboxylic acids is 1. The summed E-state index contributed by atoms with van der Waals surface area (Å²) < 4.78 is 0. The van der Waals surface area contributed by atoms with Crippen LogP contribution in [0.2, 0.25) is 0 Å². The smallest absolute Gasteiger partial charge is 0.123 e. The molecule has 0 fully saturated rings. The molecule has 2 aromatic rings. The summed E-state index contributed by atoms with van der Waals surface area (Å²) in [5.41, 5.74) is 2.90. The number of hydrogen-bond acceptors (Lipinski definition) is 3. The van der Waals surface area contributed by atoms with Crippen molar-refractivity contribution >= 4 is 17.3 Å². The Kier molecular flexibility index (Phi) is 2.72. The highest BCUT2D eigenvalue weighted by molar-refractivity contribution is 5.74. The maximum Gasteiger partial charge on any atom is 0.123 e. The van der Waals surface area contributed by atoms with Gasteiger partial charge in [-0.1, -0.05) is 13.0 Å². The van der Waals surface area contributed by atoms with Crippen molar-refractivity contribution in [3.63, 3.8) is 0 Å². The monoisotopic (exact) mass is 200 g/mol. The van der Waals surface area contributed by atoms with E-state index in [4.69, 9.17) is 0 Å². The van der Waals surface area contributed by atoms with Crippen molar-refractivity contribution in [1.29, 1.82) is 0 Å². The number of aldehydes is 1. The van der Waals surface area contributed by atoms with Crippen LogP contribution in [-0.4, -0.2) is 16.3 Å². The number of benzene rings is 1. The number of aromatic nitrogens is 2. The van der Waals surface area contributed by atoms with Crippen LogP contribution < -0.4 is 0 Å². The van der Waals surface area contributed by atoms with Crippen molar-refractivity contribution in [3.05, 3.63) is 36.2 Å². The zero-order valence-corrected chi connectivity index (χ0v) is 8.55. The van der Waals surface area contributed by atoms with Gasteiger partial charge >= 0.3 is 0 Å². The predicted octanol–water partition coefficient (Wildman–Crippen LogP) is 2.01. The Morgan fingerprint density at radius 1 is 1.27 bits per heavy atom. The molecule has 0 N–H and O–H groups in total. The first-order chi connectivity index (χ1) is 7.29. The topological polar surface area (TPSA) is 42.9 Å². The number of hydrogen-bond donors (Lipinski definition) is 0. The summed E-state index contributed by atoms with van der Waals surface area (Å²) in [4.78, 5) is 19.0. The Labute approximate surface area is 88.2 Å². The van der Waals surface area contributed by atoms with E-state index in [2.05, 4.69) is 9.97 Å². The van der Waals surface area contributed by atoms with Gasteiger partial charge in [-0.25, -0.2) is 0 Å². The van der Waals surface area contributed by atoms with Gasteiger partial charge in [-0.05, 0) is 24.1 Å². The second-order valence-electron chi connectivity index (χ2n) is 3.70. The third-order valence-corrected chi connectivity index (χ3v) is 2.32. The Morgan fingerprint density at radius 2 is 2.00 bits per heavy atom. The van der Waals surface area contributed by atoms with Crippen molar-refractivity contribution in [2.24, 2.45) is 5.92 Å². The third kappa shape index (κ3) is 2.18. The predicted molar refractivity (Wildman–Crippen MR) is 58.5 cm³/mol. The summed E-state index contributed by atoms with van der Waals surface area (Å²) in [6.07, 6.45) is 5.09. The third-order valence-electron chi connectivity index (χ3n) is 2.32. The Hall–Kier alpha value is -1.77. The molecule has 0 saturated heterocycles. The minimum Gasteiger partial charge on any atom is -0.303 e. The van der Waals surface area contributed by atoms with Crippen LogP contribution in [0.4, 0.5) is 0 Å². The zero-order chi connectivity index (χ0) is 10.7. The summed E-state index contributed by atoms with van der Waals surface area (Å²) in [5.74, 6) is 0.0547. The minimum absolute atomic E-state index is 0.0547. The van der Waals surface area contributed by atoms with Crippen LogP contribution in [0.25, 0.3) is 11.0 Å². The molecule has 3 heteroatoms. The van der Waals surface area contributed by atoms with Crippen LogP contribution in [0.15, 0.2) is 30.6 Å². The summed E-state index contributed by atoms with van der Waals surface area (Å²) in [7, 11) is 0. The number of nitrogens with zero attached hydrogens (tertiary/aromatic N) is 2. The summed E-state index contributed by atoms with van der Waals surface area (Å²) in [6.45, 7) is 1.91. The van der Waals surface area contributed by atoms with Crippen LogP contribution in [0.3, 0.4) is 0 Å². The minimum atomic E-state index is 0.0547. The number of fused-ring (bicyclic) bond motifs is 1. The van der Waals surface area contributed by atoms with Gasteiger partial charge in [-0.3, -0.25) is 9.97 Å². The molecule has 0 spiro atoms. The van der Waals surface area contributed by atoms with Crippen molar-refractivity contribution < 1.29 is 4.79 Å². The molecule has 0 aliphatic rings. The molecule has 1 atom stereocenters. The second kappa shape index (κ2) is 4.17. The fourth-order valence-electron chi connectivity index (χ4n) is 1.56. The lowest BCUT2D eigenvalue weighted by molar-refractivity contribution is -0.110. The Balaban J connectivity index is 2.34. The molecule has 0 saturated carbocycles. The van der Waals surface area contributed by atoms with Crippen molar-refractivity contribution in [2.75, 3.05) is 0 Å². The fraction of sp³-hybridized carbons (Fsp3) is 0.250. The molecule has 76 valence electrons. The van der Waals surface area contributed by atoms with Crippen molar-refractivity contribution in [1.82, 2.24) is 9.97 Å². The van der Waals surface area contributed by atoms with Crippen LogP contribution in [0.1, 0.15) is 12.5 Å². The maximum absolute atomic E-state index is 10.5. The van der Waals surface area contributed by atoms with E-state index < -0.39 is 0 Å². The Morgan fingerprint density at radius 3 is 2.73 bits per heavy atom. The van der Waals surface area contributed by atoms with Gasteiger partial charge in [0.1, 0.15) is 6.29 Å². The fourth-order valence-corrected chi connectivity index (χ4v) is 1.56. The first kappa shape index (κ1) is 9.77. The molecule has 1 heterocycles. The van der Waals surface area contributed by atoms with Gasteiger partial charge in [0, 0.05) is 18.3 Å². The van der Waals surface area contributed by atoms with E-state index in [1.165, 1.54) is 0 Å². The zero-order valence-electron chi connectivity index (χ0n) is 8.55. The molecule has 1 aromatic carbocycles. The SMILES string of the molecule is CC(C=O)Cc1ccc2nccnc2c1. The molecule has 1 aromatic heterocycles. The van der Waals surface area contributed by atoms with Gasteiger partial charge in [0.05, 0.1) is 11.0 Å². The molecule has 0 aliphatic carbocycles. The summed E-state index contributed by atoms with van der Waals surface area (Å²) in [5, 5.41) is 0. The van der Waals surface area contributed by atoms with E-state index >= 15 is 0 Å². The Bertz CT molecular complexity index is 482. The van der Waals surface area contributed by atoms with Gasteiger partial charge in [0.15, 0.2) is 0 Å². The van der Waals surface area contributed by atoms with E-state index in [-0.39, 0.29) is 5.92 Å². The van der Waals surface area contributed by atoms with E-state index in [1.54, 1.807) is 12.4 Å². The molecule has 15 heavy (non-hydrogen) atoms. The van der Waals surface area contributed by atoms with E-state index in [0.717, 1.165) is 29.3 Å². The molecule has 1 unspecified atom stereocenters. The second-order valence-corrected chi connectivity index (χ2v) is 3.70. The number of rotatable bonds is 3. The molecule has 2 rings (SSSR count). The van der Waals surface area contributed by atoms with Gasteiger partial charge in [-0.15, -0.1) is 0 Å². The van der Waals surface area contributed by atoms with Crippen LogP contribution in [0, 0.1) is 5.92 Å². The first-order valence-corrected chi connectivity index (χ1v) is 4.94. The van der Waals surface area contributed by atoms with Crippen LogP contribution in [0.5, 0.6) is 0 Å². The quantitative estimate of drug-likeness (QED) is 0.712. The van der Waals surface area contributed by atoms with E-state index in [9.17, 15) is 4.79 Å². The molecule has 0 radical (unpaired) electrons. The van der Waals surface area contributed by atoms with E-state index in [1.807, 2.05) is 25.1 Å². The summed E-state index contributed by atoms with van der Waals surface area (Å²) >= 11 is 0. The largest absolute Gasteiger partial charge is 0.303 e. The standard InChI is InChI=1S/C12H12N2O/c1-9(8-15)6-10-2-3-11-12(7-10)14-5-4-13-11/h2-5,7-9H,6H2,1H3. The molecule has 0 aliphatic heterocycles. The summed E-state index contributed by atoms with van der Waals surface area (Å²) in [6, 6.07) is 5.93. The average Bonchev–Trinajstić information content (AvgIpc) is 2.29. The molecule has 0 bridgehead atoms. The lowest BCUT2D eigenvalue weighted by atomic mass is 10.0. The highest BCUT2D eigenvalue weighted by Crippen LogP contribution is 2.13. The van der Waals surface area contributed by atoms with Crippen molar-refractivity contribution in [2.45, 2.75) is 13.3 Å². The normalized spacial score (nSPS) is 12.6. The highest BCUT2D eigenvalue weighted by Gasteiger charge is 2.03. The lowest BCUT2D eigenvalue weighted by Gasteiger charge is -2.04. The van der Waals surface area contributed by atoms with Gasteiger partial charge in [-0.2, -0.15) is 0 Å².